The second kappa shape index (κ2) is 9.51. The van der Waals surface area contributed by atoms with Crippen molar-refractivity contribution in [3.8, 4) is 5.75 Å². The summed E-state index contributed by atoms with van der Waals surface area (Å²) >= 11 is 0. The maximum Gasteiger partial charge on any atom is 0.427 e. The number of alkyl halides is 7. The molecule has 0 aromatic heterocycles. The van der Waals surface area contributed by atoms with Gasteiger partial charge in [0.05, 0.1) is 24.8 Å². The normalized spacial score (nSPS) is 13.7. The minimum Gasteiger partial charge on any atom is -0.494 e. The number of carbonyl (C=O) groups is 2. The van der Waals surface area contributed by atoms with Crippen LogP contribution in [-0.4, -0.2) is 31.3 Å². The highest BCUT2D eigenvalue weighted by molar-refractivity contribution is 6.08. The predicted molar refractivity (Wildman–Crippen MR) is 111 cm³/mol. The molecule has 0 fully saturated rings. The molecule has 0 saturated heterocycles. The molecule has 2 aromatic carbocycles. The lowest BCUT2D eigenvalue weighted by molar-refractivity contribution is -0.273. The van der Waals surface area contributed by atoms with Gasteiger partial charge in [0.15, 0.2) is 5.75 Å². The summed E-state index contributed by atoms with van der Waals surface area (Å²) in [5.74, 6) is -1.20. The number of aryl methyl sites for hydroxylation is 2. The Morgan fingerprint density at radius 3 is 1.94 bits per heavy atom. The number of hydrogen-bond donors (Lipinski definition) is 2. The Bertz CT molecular complexity index is 1070. The molecule has 2 N–H and O–H groups in total. The largest absolute Gasteiger partial charge is 0.494 e. The van der Waals surface area contributed by atoms with Gasteiger partial charge in [0.2, 0.25) is 11.6 Å². The van der Waals surface area contributed by atoms with E-state index in [9.17, 15) is 40.3 Å². The fourth-order valence-corrected chi connectivity index (χ4v) is 3.44. The van der Waals surface area contributed by atoms with E-state index < -0.39 is 41.8 Å². The molecule has 0 aliphatic carbocycles. The maximum atomic E-state index is 14.8. The average Bonchev–Trinajstić information content (AvgIpc) is 2.67. The third-order valence-corrected chi connectivity index (χ3v) is 4.90. The highest BCUT2D eigenvalue weighted by atomic mass is 19.4. The zero-order valence-corrected chi connectivity index (χ0v) is 18.5. The van der Waals surface area contributed by atoms with Crippen LogP contribution in [0, 0.1) is 13.8 Å². The van der Waals surface area contributed by atoms with Crippen LogP contribution >= 0.6 is 0 Å². The Morgan fingerprint density at radius 2 is 1.50 bits per heavy atom. The lowest BCUT2D eigenvalue weighted by Crippen LogP contribution is -2.42. The van der Waals surface area contributed by atoms with Gasteiger partial charge < -0.3 is 15.4 Å². The molecule has 0 heterocycles. The Balaban J connectivity index is 2.49. The lowest BCUT2D eigenvalue weighted by Gasteiger charge is -2.30. The van der Waals surface area contributed by atoms with Crippen molar-refractivity contribution in [2.45, 2.75) is 45.2 Å². The van der Waals surface area contributed by atoms with Crippen molar-refractivity contribution < 1.29 is 45.1 Å². The zero-order chi connectivity index (χ0) is 26.1. The van der Waals surface area contributed by atoms with E-state index in [1.54, 1.807) is 0 Å². The van der Waals surface area contributed by atoms with Gasteiger partial charge in [-0.1, -0.05) is 18.2 Å². The Morgan fingerprint density at radius 1 is 0.941 bits per heavy atom. The van der Waals surface area contributed by atoms with Crippen molar-refractivity contribution in [2.75, 3.05) is 17.7 Å². The Kier molecular flexibility index (Phi) is 7.54. The molecule has 0 saturated carbocycles. The number of carbonyl (C=O) groups excluding carboxylic acids is 2. The summed E-state index contributed by atoms with van der Waals surface area (Å²) in [5.41, 5.74) is -5.94. The van der Waals surface area contributed by atoms with Crippen molar-refractivity contribution >= 4 is 23.2 Å². The number of hydrogen-bond acceptors (Lipinski definition) is 3. The van der Waals surface area contributed by atoms with Crippen LogP contribution in [-0.2, 0) is 10.5 Å². The predicted octanol–water partition coefficient (Wildman–Crippen LogP) is 6.20. The summed E-state index contributed by atoms with van der Waals surface area (Å²) in [6.45, 7) is 3.69. The summed E-state index contributed by atoms with van der Waals surface area (Å²) in [6, 6.07) is 5.52. The van der Waals surface area contributed by atoms with E-state index in [1.807, 2.05) is 0 Å². The van der Waals surface area contributed by atoms with E-state index in [4.69, 9.17) is 4.74 Å². The monoisotopic (exact) mass is 494 g/mol. The first-order valence-corrected chi connectivity index (χ1v) is 9.70. The summed E-state index contributed by atoms with van der Waals surface area (Å²) in [7, 11) is 1.25. The van der Waals surface area contributed by atoms with Gasteiger partial charge in [0.1, 0.15) is 0 Å². The number of methoxy groups -OCH3 is 1. The number of benzene rings is 2. The van der Waals surface area contributed by atoms with E-state index in [1.165, 1.54) is 46.1 Å². The molecule has 1 atom stereocenters. The number of anilines is 2. The molecule has 0 bridgehead atoms. The summed E-state index contributed by atoms with van der Waals surface area (Å²) in [4.78, 5) is 24.2. The maximum absolute atomic E-state index is 14.8. The van der Waals surface area contributed by atoms with Crippen molar-refractivity contribution in [2.24, 2.45) is 0 Å². The van der Waals surface area contributed by atoms with Crippen LogP contribution < -0.4 is 15.4 Å². The Hall–Kier alpha value is -3.31. The second-order valence-corrected chi connectivity index (χ2v) is 7.60. The number of amides is 2. The highest BCUT2D eigenvalue weighted by Crippen LogP contribution is 2.50. The first-order valence-electron chi connectivity index (χ1n) is 9.70. The number of para-hydroxylation sites is 1. The van der Waals surface area contributed by atoms with E-state index >= 15 is 0 Å². The highest BCUT2D eigenvalue weighted by Gasteiger charge is 2.62. The van der Waals surface area contributed by atoms with Crippen LogP contribution in [0.4, 0.5) is 42.1 Å². The molecule has 2 amide bonds. The molecule has 186 valence electrons. The van der Waals surface area contributed by atoms with Gasteiger partial charge in [-0.25, -0.2) is 4.39 Å². The fraction of sp³-hybridized carbons (Fsp3) is 0.364. The first-order chi connectivity index (χ1) is 15.5. The minimum absolute atomic E-state index is 0.00662. The van der Waals surface area contributed by atoms with Crippen molar-refractivity contribution in [1.29, 1.82) is 0 Å². The standard InChI is InChI=1S/C22H21F7N2O3/c1-11-8-14(20(23,22(27,28)29)10-21(24,25)26)9-12(2)17(11)31-19(33)15-6-5-7-16(18(15)34-4)30-13(3)32/h5-9H,10H2,1-4H3,(H,30,32)(H,31,33). The SMILES string of the molecule is COc1c(NC(C)=O)cccc1C(=O)Nc1c(C)cc(C(F)(CC(F)(F)F)C(F)(F)F)cc1C. The molecule has 34 heavy (non-hydrogen) atoms. The second-order valence-electron chi connectivity index (χ2n) is 7.60. The van der Waals surface area contributed by atoms with E-state index in [-0.39, 0.29) is 33.8 Å². The van der Waals surface area contributed by atoms with E-state index in [0.29, 0.717) is 12.1 Å². The first kappa shape index (κ1) is 26.9. The molecule has 12 heteroatoms. The van der Waals surface area contributed by atoms with Crippen LogP contribution in [0.25, 0.3) is 0 Å². The molecule has 5 nitrogen and oxygen atoms in total. The molecule has 1 unspecified atom stereocenters. The number of nitrogens with one attached hydrogen (secondary N) is 2. The number of rotatable bonds is 6. The Labute approximate surface area is 190 Å². The van der Waals surface area contributed by atoms with Crippen LogP contribution in [0.3, 0.4) is 0 Å². The number of ether oxygens (including phenoxy) is 1. The average molecular weight is 494 g/mol. The molecular formula is C22H21F7N2O3. The van der Waals surface area contributed by atoms with Crippen LogP contribution in [0.15, 0.2) is 30.3 Å². The third kappa shape index (κ3) is 5.78. The van der Waals surface area contributed by atoms with Gasteiger partial charge in [-0.05, 0) is 42.7 Å². The molecule has 0 radical (unpaired) electrons. The van der Waals surface area contributed by atoms with Gasteiger partial charge in [0.25, 0.3) is 5.91 Å². The molecular weight excluding hydrogens is 473 g/mol. The van der Waals surface area contributed by atoms with Gasteiger partial charge in [0, 0.05) is 12.6 Å². The smallest absolute Gasteiger partial charge is 0.427 e. The van der Waals surface area contributed by atoms with Crippen molar-refractivity contribution in [3.63, 3.8) is 0 Å². The van der Waals surface area contributed by atoms with Crippen LogP contribution in [0.2, 0.25) is 0 Å². The number of halogens is 7. The van der Waals surface area contributed by atoms with Gasteiger partial charge in [-0.2, -0.15) is 26.3 Å². The van der Waals surface area contributed by atoms with Crippen molar-refractivity contribution in [1.82, 2.24) is 0 Å². The summed E-state index contributed by atoms with van der Waals surface area (Å²) in [6.07, 6.45) is -14.0. The van der Waals surface area contributed by atoms with Gasteiger partial charge >= 0.3 is 12.4 Å². The molecule has 0 spiro atoms. The van der Waals surface area contributed by atoms with Crippen molar-refractivity contribution in [3.05, 3.63) is 52.6 Å². The minimum atomic E-state index is -5.83. The van der Waals surface area contributed by atoms with Gasteiger partial charge in [-0.15, -0.1) is 0 Å². The lowest BCUT2D eigenvalue weighted by atomic mass is 9.88. The zero-order valence-electron chi connectivity index (χ0n) is 18.5. The van der Waals surface area contributed by atoms with Crippen LogP contribution in [0.5, 0.6) is 5.75 Å². The van der Waals surface area contributed by atoms with Crippen LogP contribution in [0.1, 0.15) is 40.4 Å². The van der Waals surface area contributed by atoms with Gasteiger partial charge in [-0.3, -0.25) is 9.59 Å². The molecule has 2 rings (SSSR count). The summed E-state index contributed by atoms with van der Waals surface area (Å²) in [5, 5.41) is 4.94. The quantitative estimate of drug-likeness (QED) is 0.470. The molecule has 0 aliphatic heterocycles. The van der Waals surface area contributed by atoms with E-state index in [2.05, 4.69) is 10.6 Å². The third-order valence-electron chi connectivity index (χ3n) is 4.90. The fourth-order valence-electron chi connectivity index (χ4n) is 3.44. The molecule has 2 aromatic rings. The molecule has 0 aliphatic rings. The summed E-state index contributed by atoms with van der Waals surface area (Å²) < 4.78 is 98.3. The topological polar surface area (TPSA) is 67.4 Å². The van der Waals surface area contributed by atoms with E-state index in [0.717, 1.165) is 0 Å².